The van der Waals surface area contributed by atoms with E-state index in [0.717, 1.165) is 25.7 Å². The Morgan fingerprint density at radius 2 is 2.05 bits per heavy atom. The van der Waals surface area contributed by atoms with E-state index in [1.54, 1.807) is 0 Å². The fourth-order valence-electron chi connectivity index (χ4n) is 3.03. The molecule has 1 saturated carbocycles. The molecule has 1 aliphatic carbocycles. The van der Waals surface area contributed by atoms with Crippen LogP contribution in [-0.4, -0.2) is 36.9 Å². The van der Waals surface area contributed by atoms with Crippen molar-refractivity contribution in [1.29, 1.82) is 5.26 Å². The van der Waals surface area contributed by atoms with Gasteiger partial charge in [-0.25, -0.2) is 0 Å². The Morgan fingerprint density at radius 1 is 1.37 bits per heavy atom. The van der Waals surface area contributed by atoms with E-state index < -0.39 is 5.41 Å². The highest BCUT2D eigenvalue weighted by Gasteiger charge is 2.42. The van der Waals surface area contributed by atoms with Gasteiger partial charge in [0.1, 0.15) is 5.41 Å². The topological polar surface area (TPSA) is 82.4 Å². The largest absolute Gasteiger partial charge is 0.396 e. The number of rotatable bonds is 3. The molecule has 5 heteroatoms. The number of carbonyl (C=O) groups excluding carboxylic acids is 1. The highest BCUT2D eigenvalue weighted by Crippen LogP contribution is 2.31. The van der Waals surface area contributed by atoms with Gasteiger partial charge in [0, 0.05) is 31.8 Å². The Balaban J connectivity index is 2.00. The molecule has 1 aliphatic heterocycles. The normalized spacial score (nSPS) is 30.3. The standard InChI is InChI=1S/C14H22N2O3/c15-10-14(5-7-19-8-6-14)13(18)16-12-4-2-1-3-11(12)9-17/h11-12,17H,1-9H2,(H,16,18). The number of carbonyl (C=O) groups is 1. The van der Waals surface area contributed by atoms with Gasteiger partial charge in [0.25, 0.3) is 0 Å². The first-order valence-electron chi connectivity index (χ1n) is 7.13. The molecule has 0 aromatic rings. The number of aliphatic hydroxyl groups is 1. The molecule has 1 saturated heterocycles. The Labute approximate surface area is 113 Å². The van der Waals surface area contributed by atoms with Gasteiger partial charge in [-0.3, -0.25) is 4.79 Å². The molecule has 1 amide bonds. The summed E-state index contributed by atoms with van der Waals surface area (Å²) >= 11 is 0. The number of nitrogens with zero attached hydrogens (tertiary/aromatic N) is 1. The summed E-state index contributed by atoms with van der Waals surface area (Å²) in [6.45, 7) is 1.04. The second kappa shape index (κ2) is 6.36. The first-order chi connectivity index (χ1) is 9.22. The molecule has 0 aromatic carbocycles. The average molecular weight is 266 g/mol. The van der Waals surface area contributed by atoms with E-state index in [-0.39, 0.29) is 24.5 Å². The van der Waals surface area contributed by atoms with Crippen LogP contribution in [0.15, 0.2) is 0 Å². The molecule has 2 unspecified atom stereocenters. The zero-order chi connectivity index (χ0) is 13.7. The van der Waals surface area contributed by atoms with Gasteiger partial charge >= 0.3 is 0 Å². The van der Waals surface area contributed by atoms with Gasteiger partial charge in [0.2, 0.25) is 5.91 Å². The summed E-state index contributed by atoms with van der Waals surface area (Å²) in [5, 5.41) is 21.7. The first-order valence-corrected chi connectivity index (χ1v) is 7.13. The highest BCUT2D eigenvalue weighted by atomic mass is 16.5. The van der Waals surface area contributed by atoms with Crippen LogP contribution in [0.2, 0.25) is 0 Å². The lowest BCUT2D eigenvalue weighted by Gasteiger charge is -2.35. The van der Waals surface area contributed by atoms with Crippen molar-refractivity contribution >= 4 is 5.91 Å². The molecule has 19 heavy (non-hydrogen) atoms. The monoisotopic (exact) mass is 266 g/mol. The molecule has 2 fully saturated rings. The SMILES string of the molecule is N#CC1(C(=O)NC2CCCCC2CO)CCOCC1. The number of hydrogen-bond acceptors (Lipinski definition) is 4. The quantitative estimate of drug-likeness (QED) is 0.797. The smallest absolute Gasteiger partial charge is 0.240 e. The maximum Gasteiger partial charge on any atom is 0.240 e. The fraction of sp³-hybridized carbons (Fsp3) is 0.857. The van der Waals surface area contributed by atoms with Gasteiger partial charge < -0.3 is 15.2 Å². The van der Waals surface area contributed by atoms with Crippen molar-refractivity contribution in [2.24, 2.45) is 11.3 Å². The summed E-state index contributed by atoms with van der Waals surface area (Å²) in [4.78, 5) is 12.4. The van der Waals surface area contributed by atoms with Gasteiger partial charge in [0.15, 0.2) is 0 Å². The van der Waals surface area contributed by atoms with Crippen LogP contribution in [0.3, 0.4) is 0 Å². The van der Waals surface area contributed by atoms with Gasteiger partial charge in [-0.05, 0) is 25.7 Å². The molecule has 0 radical (unpaired) electrons. The van der Waals surface area contributed by atoms with E-state index in [9.17, 15) is 15.2 Å². The molecule has 2 rings (SSSR count). The van der Waals surface area contributed by atoms with Crippen molar-refractivity contribution in [2.75, 3.05) is 19.8 Å². The second-order valence-corrected chi connectivity index (χ2v) is 5.61. The van der Waals surface area contributed by atoms with E-state index in [4.69, 9.17) is 4.74 Å². The van der Waals surface area contributed by atoms with Crippen LogP contribution in [0, 0.1) is 22.7 Å². The molecular weight excluding hydrogens is 244 g/mol. The Morgan fingerprint density at radius 3 is 2.68 bits per heavy atom. The summed E-state index contributed by atoms with van der Waals surface area (Å²) in [5.74, 6) is -0.0445. The third kappa shape index (κ3) is 3.07. The minimum absolute atomic E-state index is 0.0133. The molecular formula is C14H22N2O3. The van der Waals surface area contributed by atoms with E-state index in [2.05, 4.69) is 11.4 Å². The van der Waals surface area contributed by atoms with Gasteiger partial charge in [-0.1, -0.05) is 12.8 Å². The van der Waals surface area contributed by atoms with E-state index in [1.807, 2.05) is 0 Å². The van der Waals surface area contributed by atoms with Crippen LogP contribution in [0.4, 0.5) is 0 Å². The molecule has 2 aliphatic rings. The second-order valence-electron chi connectivity index (χ2n) is 5.61. The van der Waals surface area contributed by atoms with Crippen molar-refractivity contribution in [3.05, 3.63) is 0 Å². The van der Waals surface area contributed by atoms with E-state index in [1.165, 1.54) is 0 Å². The molecule has 1 heterocycles. The third-order valence-electron chi connectivity index (χ3n) is 4.46. The van der Waals surface area contributed by atoms with Crippen LogP contribution < -0.4 is 5.32 Å². The Kier molecular flexibility index (Phi) is 4.78. The summed E-state index contributed by atoms with van der Waals surface area (Å²) in [5.41, 5.74) is -0.935. The summed E-state index contributed by atoms with van der Waals surface area (Å²) < 4.78 is 5.24. The van der Waals surface area contributed by atoms with Crippen LogP contribution in [0.25, 0.3) is 0 Å². The number of aliphatic hydroxyl groups excluding tert-OH is 1. The van der Waals surface area contributed by atoms with Crippen molar-refractivity contribution in [3.8, 4) is 6.07 Å². The zero-order valence-corrected chi connectivity index (χ0v) is 11.2. The molecule has 0 aromatic heterocycles. The summed E-state index contributed by atoms with van der Waals surface area (Å²) in [7, 11) is 0. The third-order valence-corrected chi connectivity index (χ3v) is 4.46. The molecule has 106 valence electrons. The van der Waals surface area contributed by atoms with Crippen LogP contribution >= 0.6 is 0 Å². The summed E-state index contributed by atoms with van der Waals surface area (Å²) in [6.07, 6.45) is 4.95. The highest BCUT2D eigenvalue weighted by molar-refractivity contribution is 5.85. The predicted octanol–water partition coefficient (Wildman–Crippen LogP) is 0.974. The molecule has 5 nitrogen and oxygen atoms in total. The molecule has 0 bridgehead atoms. The molecule has 2 atom stereocenters. The van der Waals surface area contributed by atoms with Gasteiger partial charge in [0.05, 0.1) is 6.07 Å². The van der Waals surface area contributed by atoms with E-state index in [0.29, 0.717) is 26.1 Å². The lowest BCUT2D eigenvalue weighted by molar-refractivity contribution is -0.133. The predicted molar refractivity (Wildman–Crippen MR) is 69.1 cm³/mol. The fourth-order valence-corrected chi connectivity index (χ4v) is 3.03. The van der Waals surface area contributed by atoms with Crippen LogP contribution in [-0.2, 0) is 9.53 Å². The van der Waals surface area contributed by atoms with Crippen molar-refractivity contribution in [3.63, 3.8) is 0 Å². The van der Waals surface area contributed by atoms with Gasteiger partial charge in [-0.2, -0.15) is 5.26 Å². The summed E-state index contributed by atoms with van der Waals surface area (Å²) in [6, 6.07) is 2.20. The lowest BCUT2D eigenvalue weighted by Crippen LogP contribution is -2.51. The molecule has 0 spiro atoms. The minimum Gasteiger partial charge on any atom is -0.396 e. The number of nitriles is 1. The first kappa shape index (κ1) is 14.3. The number of ether oxygens (including phenoxy) is 1. The average Bonchev–Trinajstić information content (AvgIpc) is 2.48. The van der Waals surface area contributed by atoms with E-state index >= 15 is 0 Å². The van der Waals surface area contributed by atoms with Crippen LogP contribution in [0.5, 0.6) is 0 Å². The number of hydrogen-bond donors (Lipinski definition) is 2. The maximum atomic E-state index is 12.4. The Hall–Kier alpha value is -1.12. The zero-order valence-electron chi connectivity index (χ0n) is 11.2. The molecule has 2 N–H and O–H groups in total. The lowest BCUT2D eigenvalue weighted by atomic mass is 9.79. The Bertz CT molecular complexity index is 358. The number of amides is 1. The van der Waals surface area contributed by atoms with Gasteiger partial charge in [-0.15, -0.1) is 0 Å². The van der Waals surface area contributed by atoms with Crippen molar-refractivity contribution < 1.29 is 14.6 Å². The maximum absolute atomic E-state index is 12.4. The van der Waals surface area contributed by atoms with Crippen molar-refractivity contribution in [1.82, 2.24) is 5.32 Å². The minimum atomic E-state index is -0.935. The number of nitrogens with one attached hydrogen (secondary N) is 1. The van der Waals surface area contributed by atoms with Crippen molar-refractivity contribution in [2.45, 2.75) is 44.6 Å². The van der Waals surface area contributed by atoms with Crippen LogP contribution in [0.1, 0.15) is 38.5 Å².